The first-order valence-electron chi connectivity index (χ1n) is 9.46. The van der Waals surface area contributed by atoms with Gasteiger partial charge < -0.3 is 19.3 Å². The number of hydrogen-bond donors (Lipinski definition) is 0. The van der Waals surface area contributed by atoms with Gasteiger partial charge in [0.25, 0.3) is 5.91 Å². The summed E-state index contributed by atoms with van der Waals surface area (Å²) >= 11 is 0. The number of benzene rings is 1. The quantitative estimate of drug-likeness (QED) is 0.793. The van der Waals surface area contributed by atoms with Crippen molar-refractivity contribution in [3.05, 3.63) is 23.8 Å². The van der Waals surface area contributed by atoms with Crippen LogP contribution in [-0.2, 0) is 0 Å². The highest BCUT2D eigenvalue weighted by molar-refractivity contribution is 5.95. The SMILES string of the molecule is COc1cc(C(=O)N2CCCC2CN2CCCC2)ccc1OC(C)C. The van der Waals surface area contributed by atoms with Crippen LogP contribution in [0.2, 0.25) is 0 Å². The zero-order valence-electron chi connectivity index (χ0n) is 15.7. The normalized spacial score (nSPS) is 21.1. The second kappa shape index (κ2) is 8.09. The van der Waals surface area contributed by atoms with Crippen LogP contribution in [0, 0.1) is 0 Å². The van der Waals surface area contributed by atoms with E-state index in [0.29, 0.717) is 23.1 Å². The van der Waals surface area contributed by atoms with Gasteiger partial charge in [0.15, 0.2) is 11.5 Å². The third kappa shape index (κ3) is 4.27. The molecule has 2 fully saturated rings. The fourth-order valence-corrected chi connectivity index (χ4v) is 3.87. The Morgan fingerprint density at radius 1 is 1.16 bits per heavy atom. The van der Waals surface area contributed by atoms with Gasteiger partial charge in [-0.25, -0.2) is 0 Å². The molecule has 0 aromatic heterocycles. The van der Waals surface area contributed by atoms with E-state index in [0.717, 1.165) is 25.9 Å². The fourth-order valence-electron chi connectivity index (χ4n) is 3.87. The van der Waals surface area contributed by atoms with Crippen LogP contribution in [0.4, 0.5) is 0 Å². The Labute approximate surface area is 150 Å². The Morgan fingerprint density at radius 3 is 2.60 bits per heavy atom. The molecule has 3 rings (SSSR count). The van der Waals surface area contributed by atoms with Crippen LogP contribution in [-0.4, -0.2) is 61.1 Å². The zero-order chi connectivity index (χ0) is 17.8. The molecule has 0 radical (unpaired) electrons. The van der Waals surface area contributed by atoms with Crippen molar-refractivity contribution in [2.75, 3.05) is 33.3 Å². The van der Waals surface area contributed by atoms with Gasteiger partial charge in [0.1, 0.15) is 0 Å². The Bertz CT molecular complexity index is 597. The van der Waals surface area contributed by atoms with Crippen LogP contribution in [0.25, 0.3) is 0 Å². The van der Waals surface area contributed by atoms with E-state index in [9.17, 15) is 4.79 Å². The largest absolute Gasteiger partial charge is 0.493 e. The molecular formula is C20H30N2O3. The van der Waals surface area contributed by atoms with Crippen molar-refractivity contribution in [3.8, 4) is 11.5 Å². The summed E-state index contributed by atoms with van der Waals surface area (Å²) in [5, 5.41) is 0. The number of likely N-dealkylation sites (tertiary alicyclic amines) is 2. The van der Waals surface area contributed by atoms with Crippen molar-refractivity contribution in [2.24, 2.45) is 0 Å². The average molecular weight is 346 g/mol. The number of rotatable bonds is 6. The molecule has 2 aliphatic heterocycles. The number of amides is 1. The zero-order valence-corrected chi connectivity index (χ0v) is 15.7. The predicted octanol–water partition coefficient (Wildman–Crippen LogP) is 3.18. The number of carbonyl (C=O) groups is 1. The molecule has 2 aliphatic rings. The maximum atomic E-state index is 13.0. The van der Waals surface area contributed by atoms with E-state index in [1.165, 1.54) is 25.9 Å². The van der Waals surface area contributed by atoms with Gasteiger partial charge in [0.2, 0.25) is 0 Å². The van der Waals surface area contributed by atoms with Gasteiger partial charge in [-0.05, 0) is 70.8 Å². The van der Waals surface area contributed by atoms with E-state index in [1.54, 1.807) is 7.11 Å². The number of carbonyl (C=O) groups excluding carboxylic acids is 1. The Balaban J connectivity index is 1.72. The standard InChI is InChI=1S/C20H30N2O3/c1-15(2)25-18-9-8-16(13-19(18)24-3)20(23)22-12-6-7-17(22)14-21-10-4-5-11-21/h8-9,13,15,17H,4-7,10-12,14H2,1-3H3. The first-order chi connectivity index (χ1) is 12.1. The molecule has 138 valence electrons. The number of hydrogen-bond acceptors (Lipinski definition) is 4. The van der Waals surface area contributed by atoms with E-state index < -0.39 is 0 Å². The molecule has 1 aromatic carbocycles. The van der Waals surface area contributed by atoms with Gasteiger partial charge in [0.05, 0.1) is 13.2 Å². The van der Waals surface area contributed by atoms with Crippen molar-refractivity contribution < 1.29 is 14.3 Å². The monoisotopic (exact) mass is 346 g/mol. The van der Waals surface area contributed by atoms with E-state index >= 15 is 0 Å². The Hall–Kier alpha value is -1.75. The lowest BCUT2D eigenvalue weighted by molar-refractivity contribution is 0.0708. The highest BCUT2D eigenvalue weighted by Gasteiger charge is 2.31. The topological polar surface area (TPSA) is 42.0 Å². The third-order valence-corrected chi connectivity index (χ3v) is 5.08. The van der Waals surface area contributed by atoms with E-state index in [2.05, 4.69) is 9.80 Å². The summed E-state index contributed by atoms with van der Waals surface area (Å²) in [6.45, 7) is 8.17. The summed E-state index contributed by atoms with van der Waals surface area (Å²) in [7, 11) is 1.61. The van der Waals surface area contributed by atoms with Crippen LogP contribution in [0.1, 0.15) is 49.9 Å². The molecule has 0 aliphatic carbocycles. The second-order valence-corrected chi connectivity index (χ2v) is 7.33. The maximum absolute atomic E-state index is 13.0. The summed E-state index contributed by atoms with van der Waals surface area (Å²) in [6, 6.07) is 5.85. The van der Waals surface area contributed by atoms with Crippen LogP contribution in [0.5, 0.6) is 11.5 Å². The van der Waals surface area contributed by atoms with Crippen molar-refractivity contribution in [3.63, 3.8) is 0 Å². The number of ether oxygens (including phenoxy) is 2. The number of methoxy groups -OCH3 is 1. The summed E-state index contributed by atoms with van der Waals surface area (Å²) < 4.78 is 11.2. The molecule has 1 atom stereocenters. The molecule has 2 saturated heterocycles. The lowest BCUT2D eigenvalue weighted by atomic mass is 10.1. The molecule has 1 unspecified atom stereocenters. The van der Waals surface area contributed by atoms with E-state index in [1.807, 2.05) is 32.0 Å². The van der Waals surface area contributed by atoms with Gasteiger partial charge in [-0.1, -0.05) is 0 Å². The minimum atomic E-state index is 0.0684. The van der Waals surface area contributed by atoms with Gasteiger partial charge in [-0.3, -0.25) is 4.79 Å². The van der Waals surface area contributed by atoms with Crippen molar-refractivity contribution in [1.29, 1.82) is 0 Å². The van der Waals surface area contributed by atoms with Crippen molar-refractivity contribution >= 4 is 5.91 Å². The molecule has 1 amide bonds. The molecule has 0 saturated carbocycles. The highest BCUT2D eigenvalue weighted by Crippen LogP contribution is 2.30. The average Bonchev–Trinajstić information content (AvgIpc) is 3.26. The van der Waals surface area contributed by atoms with Crippen LogP contribution < -0.4 is 9.47 Å². The molecule has 1 aromatic rings. The summed E-state index contributed by atoms with van der Waals surface area (Å²) in [6.07, 6.45) is 4.84. The van der Waals surface area contributed by atoms with E-state index in [-0.39, 0.29) is 12.0 Å². The molecule has 2 heterocycles. The lowest BCUT2D eigenvalue weighted by Gasteiger charge is -2.28. The lowest BCUT2D eigenvalue weighted by Crippen LogP contribution is -2.42. The molecule has 0 bridgehead atoms. The summed E-state index contributed by atoms with van der Waals surface area (Å²) in [5.74, 6) is 1.41. The smallest absolute Gasteiger partial charge is 0.254 e. The van der Waals surface area contributed by atoms with Crippen LogP contribution in [0.15, 0.2) is 18.2 Å². The van der Waals surface area contributed by atoms with Crippen LogP contribution in [0.3, 0.4) is 0 Å². The molecule has 0 spiro atoms. The Kier molecular flexibility index (Phi) is 5.84. The first-order valence-corrected chi connectivity index (χ1v) is 9.46. The minimum absolute atomic E-state index is 0.0684. The maximum Gasteiger partial charge on any atom is 0.254 e. The molecule has 5 heteroatoms. The number of nitrogens with zero attached hydrogens (tertiary/aromatic N) is 2. The molecule has 25 heavy (non-hydrogen) atoms. The molecular weight excluding hydrogens is 316 g/mol. The third-order valence-electron chi connectivity index (χ3n) is 5.08. The van der Waals surface area contributed by atoms with Gasteiger partial charge in [-0.15, -0.1) is 0 Å². The van der Waals surface area contributed by atoms with Gasteiger partial charge >= 0.3 is 0 Å². The van der Waals surface area contributed by atoms with Gasteiger partial charge in [-0.2, -0.15) is 0 Å². The fraction of sp³-hybridized carbons (Fsp3) is 0.650. The van der Waals surface area contributed by atoms with E-state index in [4.69, 9.17) is 9.47 Å². The van der Waals surface area contributed by atoms with Crippen molar-refractivity contribution in [2.45, 2.75) is 51.7 Å². The summed E-state index contributed by atoms with van der Waals surface area (Å²) in [5.41, 5.74) is 0.682. The first kappa shape index (κ1) is 18.1. The minimum Gasteiger partial charge on any atom is -0.493 e. The predicted molar refractivity (Wildman–Crippen MR) is 98.5 cm³/mol. The highest BCUT2D eigenvalue weighted by atomic mass is 16.5. The van der Waals surface area contributed by atoms with Crippen LogP contribution >= 0.6 is 0 Å². The molecule has 0 N–H and O–H groups in total. The van der Waals surface area contributed by atoms with Gasteiger partial charge in [0, 0.05) is 24.7 Å². The van der Waals surface area contributed by atoms with Crippen molar-refractivity contribution in [1.82, 2.24) is 9.80 Å². The Morgan fingerprint density at radius 2 is 1.92 bits per heavy atom. The second-order valence-electron chi connectivity index (χ2n) is 7.33. The molecule has 5 nitrogen and oxygen atoms in total. The summed E-state index contributed by atoms with van der Waals surface area (Å²) in [4.78, 5) is 17.6.